The van der Waals surface area contributed by atoms with Crippen molar-refractivity contribution in [2.75, 3.05) is 17.2 Å². The third-order valence-corrected chi connectivity index (χ3v) is 3.21. The average molecular weight is 358 g/mol. The largest absolute Gasteiger partial charge is 0.450 e. The van der Waals surface area contributed by atoms with Crippen molar-refractivity contribution in [2.24, 2.45) is 0 Å². The van der Waals surface area contributed by atoms with Crippen LogP contribution in [0.15, 0.2) is 24.4 Å². The second-order valence-corrected chi connectivity index (χ2v) is 5.11. The number of carbonyl (C=O) groups excluding carboxylic acids is 2. The Hall–Kier alpha value is -2.32. The zero-order valence-electron chi connectivity index (χ0n) is 12.0. The van der Waals surface area contributed by atoms with E-state index in [1.807, 2.05) is 0 Å². The van der Waals surface area contributed by atoms with Gasteiger partial charge in [0, 0.05) is 0 Å². The van der Waals surface area contributed by atoms with Crippen LogP contribution in [0.5, 0.6) is 0 Å². The Morgan fingerprint density at radius 2 is 1.96 bits per heavy atom. The summed E-state index contributed by atoms with van der Waals surface area (Å²) in [6.07, 6.45) is 0.747. The fraction of sp³-hybridized carbons (Fsp3) is 0.231. The van der Waals surface area contributed by atoms with Gasteiger partial charge in [0.05, 0.1) is 28.5 Å². The maximum atomic E-state index is 12.0. The lowest BCUT2D eigenvalue weighted by atomic mass is 10.3. The van der Waals surface area contributed by atoms with E-state index in [1.54, 1.807) is 25.1 Å². The SMILES string of the molecule is CCOC(=O)Nc1cn(CC(=O)Nc2c(Cl)cccc2Cl)nn1. The fourth-order valence-corrected chi connectivity index (χ4v) is 2.14. The quantitative estimate of drug-likeness (QED) is 0.857. The zero-order chi connectivity index (χ0) is 16.8. The molecule has 0 radical (unpaired) electrons. The molecule has 8 nitrogen and oxygen atoms in total. The van der Waals surface area contributed by atoms with Crippen molar-refractivity contribution < 1.29 is 14.3 Å². The van der Waals surface area contributed by atoms with E-state index in [-0.39, 0.29) is 19.0 Å². The molecule has 2 amide bonds. The van der Waals surface area contributed by atoms with Gasteiger partial charge in [0.1, 0.15) is 6.54 Å². The van der Waals surface area contributed by atoms with Crippen LogP contribution in [0.4, 0.5) is 16.3 Å². The highest BCUT2D eigenvalue weighted by atomic mass is 35.5. The van der Waals surface area contributed by atoms with Crippen molar-refractivity contribution in [3.8, 4) is 0 Å². The summed E-state index contributed by atoms with van der Waals surface area (Å²) in [5, 5.41) is 13.1. The van der Waals surface area contributed by atoms with Gasteiger partial charge in [-0.3, -0.25) is 10.1 Å². The number of anilines is 2. The molecule has 0 bridgehead atoms. The van der Waals surface area contributed by atoms with Crippen LogP contribution >= 0.6 is 23.2 Å². The average Bonchev–Trinajstić information content (AvgIpc) is 2.90. The van der Waals surface area contributed by atoms with Gasteiger partial charge >= 0.3 is 6.09 Å². The standard InChI is InChI=1S/C13H13Cl2N5O3/c1-2-23-13(22)16-10-6-20(19-18-10)7-11(21)17-12-8(14)4-3-5-9(12)15/h3-6H,2,7H2,1H3,(H,16,22)(H,17,21). The van der Waals surface area contributed by atoms with Crippen LogP contribution in [0, 0.1) is 0 Å². The lowest BCUT2D eigenvalue weighted by molar-refractivity contribution is -0.116. The number of para-hydroxylation sites is 1. The zero-order valence-corrected chi connectivity index (χ0v) is 13.6. The highest BCUT2D eigenvalue weighted by Gasteiger charge is 2.12. The Balaban J connectivity index is 1.96. The summed E-state index contributed by atoms with van der Waals surface area (Å²) in [6, 6.07) is 4.89. The first-order chi connectivity index (χ1) is 11.0. The minimum Gasteiger partial charge on any atom is -0.450 e. The van der Waals surface area contributed by atoms with Crippen molar-refractivity contribution in [3.05, 3.63) is 34.4 Å². The lowest BCUT2D eigenvalue weighted by Crippen LogP contribution is -2.19. The van der Waals surface area contributed by atoms with E-state index >= 15 is 0 Å². The molecule has 1 heterocycles. The maximum Gasteiger partial charge on any atom is 0.412 e. The van der Waals surface area contributed by atoms with Gasteiger partial charge in [-0.1, -0.05) is 34.5 Å². The summed E-state index contributed by atoms with van der Waals surface area (Å²) in [7, 11) is 0. The molecule has 0 aliphatic heterocycles. The normalized spacial score (nSPS) is 10.2. The first-order valence-corrected chi connectivity index (χ1v) is 7.33. The van der Waals surface area contributed by atoms with Gasteiger partial charge in [-0.25, -0.2) is 9.48 Å². The number of benzene rings is 1. The molecule has 2 rings (SSSR count). The molecule has 122 valence electrons. The molecule has 1 aromatic heterocycles. The predicted molar refractivity (Wildman–Crippen MR) is 85.8 cm³/mol. The second kappa shape index (κ2) is 7.80. The van der Waals surface area contributed by atoms with E-state index in [9.17, 15) is 9.59 Å². The summed E-state index contributed by atoms with van der Waals surface area (Å²) in [6.45, 7) is 1.79. The Morgan fingerprint density at radius 1 is 1.26 bits per heavy atom. The molecule has 0 fully saturated rings. The van der Waals surface area contributed by atoms with Crippen LogP contribution < -0.4 is 10.6 Å². The van der Waals surface area contributed by atoms with Gasteiger partial charge in [0.15, 0.2) is 5.82 Å². The number of carbonyl (C=O) groups is 2. The van der Waals surface area contributed by atoms with Gasteiger partial charge in [-0.2, -0.15) is 0 Å². The van der Waals surface area contributed by atoms with Crippen molar-refractivity contribution in [2.45, 2.75) is 13.5 Å². The molecule has 2 N–H and O–H groups in total. The Kier molecular flexibility index (Phi) is 5.78. The number of rotatable bonds is 5. The summed E-state index contributed by atoms with van der Waals surface area (Å²) >= 11 is 11.9. The van der Waals surface area contributed by atoms with E-state index in [1.165, 1.54) is 10.9 Å². The second-order valence-electron chi connectivity index (χ2n) is 4.29. The Bertz CT molecular complexity index is 699. The number of aromatic nitrogens is 3. The van der Waals surface area contributed by atoms with E-state index in [0.717, 1.165) is 0 Å². The van der Waals surface area contributed by atoms with Gasteiger partial charge < -0.3 is 10.1 Å². The van der Waals surface area contributed by atoms with Crippen LogP contribution in [0.25, 0.3) is 0 Å². The topological polar surface area (TPSA) is 98.1 Å². The third kappa shape index (κ3) is 4.83. The van der Waals surface area contributed by atoms with Crippen molar-refractivity contribution >= 4 is 46.7 Å². The minimum absolute atomic E-state index is 0.126. The molecule has 0 spiro atoms. The highest BCUT2D eigenvalue weighted by molar-refractivity contribution is 6.39. The Morgan fingerprint density at radius 3 is 2.61 bits per heavy atom. The van der Waals surface area contributed by atoms with Gasteiger partial charge in [0.25, 0.3) is 0 Å². The summed E-state index contributed by atoms with van der Waals surface area (Å²) < 4.78 is 5.96. The predicted octanol–water partition coefficient (Wildman–Crippen LogP) is 2.79. The monoisotopic (exact) mass is 357 g/mol. The van der Waals surface area contributed by atoms with Gasteiger partial charge in [-0.15, -0.1) is 5.10 Å². The first kappa shape index (κ1) is 17.0. The highest BCUT2D eigenvalue weighted by Crippen LogP contribution is 2.29. The molecule has 1 aromatic carbocycles. The van der Waals surface area contributed by atoms with Crippen LogP contribution in [0.2, 0.25) is 10.0 Å². The van der Waals surface area contributed by atoms with Crippen LogP contribution in [0.1, 0.15) is 6.92 Å². The number of ether oxygens (including phenoxy) is 1. The van der Waals surface area contributed by atoms with E-state index < -0.39 is 12.0 Å². The van der Waals surface area contributed by atoms with Crippen LogP contribution in [-0.2, 0) is 16.1 Å². The summed E-state index contributed by atoms with van der Waals surface area (Å²) in [4.78, 5) is 23.2. The molecule has 0 aliphatic carbocycles. The first-order valence-electron chi connectivity index (χ1n) is 6.57. The van der Waals surface area contributed by atoms with E-state index in [2.05, 4.69) is 20.9 Å². The molecule has 0 unspecified atom stereocenters. The van der Waals surface area contributed by atoms with Crippen molar-refractivity contribution in [1.29, 1.82) is 0 Å². The number of hydrogen-bond donors (Lipinski definition) is 2. The number of halogens is 2. The number of amides is 2. The summed E-state index contributed by atoms with van der Waals surface area (Å²) in [5.74, 6) is -0.223. The van der Waals surface area contributed by atoms with Gasteiger partial charge in [0.2, 0.25) is 5.91 Å². The van der Waals surface area contributed by atoms with Crippen molar-refractivity contribution in [3.63, 3.8) is 0 Å². The number of nitrogens with one attached hydrogen (secondary N) is 2. The smallest absolute Gasteiger partial charge is 0.412 e. The molecule has 0 saturated heterocycles. The molecule has 2 aromatic rings. The molecule has 0 atom stereocenters. The van der Waals surface area contributed by atoms with Gasteiger partial charge in [-0.05, 0) is 19.1 Å². The third-order valence-electron chi connectivity index (χ3n) is 2.58. The van der Waals surface area contributed by atoms with Crippen LogP contribution in [0.3, 0.4) is 0 Å². The maximum absolute atomic E-state index is 12.0. The van der Waals surface area contributed by atoms with E-state index in [4.69, 9.17) is 27.9 Å². The van der Waals surface area contributed by atoms with Crippen molar-refractivity contribution in [1.82, 2.24) is 15.0 Å². The number of hydrogen-bond acceptors (Lipinski definition) is 5. The molecular formula is C13H13Cl2N5O3. The molecule has 10 heteroatoms. The summed E-state index contributed by atoms with van der Waals surface area (Å²) in [5.41, 5.74) is 0.325. The Labute approximate surface area is 141 Å². The molecule has 23 heavy (non-hydrogen) atoms. The molecule has 0 saturated carbocycles. The molecular weight excluding hydrogens is 345 g/mol. The minimum atomic E-state index is -0.646. The lowest BCUT2D eigenvalue weighted by Gasteiger charge is -2.08. The fourth-order valence-electron chi connectivity index (χ4n) is 1.65. The molecule has 0 aliphatic rings. The van der Waals surface area contributed by atoms with E-state index in [0.29, 0.717) is 15.7 Å². The number of nitrogens with zero attached hydrogens (tertiary/aromatic N) is 3. The van der Waals surface area contributed by atoms with Crippen LogP contribution in [-0.4, -0.2) is 33.6 Å².